The minimum absolute atomic E-state index is 0.569. The lowest BCUT2D eigenvalue weighted by Gasteiger charge is -1.98. The average molecular weight is 129 g/mol. The minimum atomic E-state index is -0.688. The van der Waals surface area contributed by atoms with E-state index >= 15 is 0 Å². The van der Waals surface area contributed by atoms with Crippen molar-refractivity contribution in [3.05, 3.63) is 11.6 Å². The molecule has 0 aliphatic carbocycles. The zero-order valence-corrected chi connectivity index (χ0v) is 6.09. The molecule has 3 N–H and O–H groups in total. The number of hydrogen-bond donors (Lipinski definition) is 2. The van der Waals surface area contributed by atoms with Crippen molar-refractivity contribution >= 4 is 0 Å². The summed E-state index contributed by atoms with van der Waals surface area (Å²) in [5.74, 6) is 0. The first kappa shape index (κ1) is 8.66. The molecule has 0 saturated heterocycles. The molecule has 1 unspecified atom stereocenters. The predicted octanol–water partition coefficient (Wildman–Crippen LogP) is 1.01. The Morgan fingerprint density at radius 2 is 2.33 bits per heavy atom. The molecule has 0 saturated carbocycles. The van der Waals surface area contributed by atoms with Gasteiger partial charge in [-0.05, 0) is 13.3 Å². The van der Waals surface area contributed by atoms with E-state index in [0.717, 1.165) is 6.42 Å². The Hall–Kier alpha value is -0.340. The monoisotopic (exact) mass is 129 g/mol. The maximum Gasteiger partial charge on any atom is 0.105 e. The topological polar surface area (TPSA) is 46.2 Å². The first-order chi connectivity index (χ1) is 4.16. The van der Waals surface area contributed by atoms with Gasteiger partial charge in [-0.3, -0.25) is 0 Å². The van der Waals surface area contributed by atoms with E-state index in [-0.39, 0.29) is 0 Å². The van der Waals surface area contributed by atoms with Gasteiger partial charge in [-0.2, -0.15) is 0 Å². The van der Waals surface area contributed by atoms with Gasteiger partial charge in [0.2, 0.25) is 0 Å². The number of aliphatic hydroxyl groups is 1. The third-order valence-electron chi connectivity index (χ3n) is 1.27. The molecule has 0 aromatic rings. The van der Waals surface area contributed by atoms with Crippen molar-refractivity contribution in [3.8, 4) is 0 Å². The van der Waals surface area contributed by atoms with Crippen LogP contribution in [0.1, 0.15) is 26.7 Å². The molecule has 0 fully saturated rings. The van der Waals surface area contributed by atoms with Crippen molar-refractivity contribution in [2.24, 2.45) is 5.73 Å². The third-order valence-corrected chi connectivity index (χ3v) is 1.27. The van der Waals surface area contributed by atoms with E-state index in [1.54, 1.807) is 0 Å². The normalized spacial score (nSPS) is 15.8. The Labute approximate surface area is 56.4 Å². The average Bonchev–Trinajstić information content (AvgIpc) is 1.83. The molecule has 0 amide bonds. The van der Waals surface area contributed by atoms with Crippen molar-refractivity contribution in [2.75, 3.05) is 0 Å². The SMILES string of the molecule is CC/C(C)=C\CC(N)O. The Kier molecular flexibility index (Phi) is 4.36. The smallest absolute Gasteiger partial charge is 0.105 e. The Bertz CT molecular complexity index is 97.1. The lowest BCUT2D eigenvalue weighted by atomic mass is 10.2. The molecule has 0 aliphatic heterocycles. The van der Waals surface area contributed by atoms with Gasteiger partial charge < -0.3 is 10.8 Å². The van der Waals surface area contributed by atoms with E-state index in [2.05, 4.69) is 6.92 Å². The molecule has 2 nitrogen and oxygen atoms in total. The molecule has 0 rings (SSSR count). The van der Waals surface area contributed by atoms with Gasteiger partial charge in [-0.1, -0.05) is 18.6 Å². The van der Waals surface area contributed by atoms with Gasteiger partial charge in [0.25, 0.3) is 0 Å². The summed E-state index contributed by atoms with van der Waals surface area (Å²) in [5, 5.41) is 8.63. The second-order valence-electron chi connectivity index (χ2n) is 2.21. The Morgan fingerprint density at radius 1 is 1.78 bits per heavy atom. The van der Waals surface area contributed by atoms with Crippen molar-refractivity contribution in [2.45, 2.75) is 32.9 Å². The number of nitrogens with two attached hydrogens (primary N) is 1. The Balaban J connectivity index is 3.43. The minimum Gasteiger partial charge on any atom is -0.379 e. The number of aliphatic hydroxyl groups excluding tert-OH is 1. The maximum atomic E-state index is 8.63. The first-order valence-electron chi connectivity index (χ1n) is 3.26. The molecule has 2 heteroatoms. The van der Waals surface area contributed by atoms with E-state index in [1.165, 1.54) is 5.57 Å². The van der Waals surface area contributed by atoms with Crippen LogP contribution in [0, 0.1) is 0 Å². The lowest BCUT2D eigenvalue weighted by molar-refractivity contribution is 0.185. The summed E-state index contributed by atoms with van der Waals surface area (Å²) in [7, 11) is 0. The number of hydrogen-bond acceptors (Lipinski definition) is 2. The van der Waals surface area contributed by atoms with Crippen LogP contribution in [0.4, 0.5) is 0 Å². The molecule has 54 valence electrons. The van der Waals surface area contributed by atoms with Crippen LogP contribution in [-0.2, 0) is 0 Å². The number of allylic oxidation sites excluding steroid dienone is 1. The first-order valence-corrected chi connectivity index (χ1v) is 3.26. The summed E-state index contributed by atoms with van der Waals surface area (Å²) < 4.78 is 0. The molecule has 0 aliphatic rings. The van der Waals surface area contributed by atoms with Crippen LogP contribution in [0.5, 0.6) is 0 Å². The molecule has 0 spiro atoms. The molecule has 0 aromatic carbocycles. The second-order valence-corrected chi connectivity index (χ2v) is 2.21. The fourth-order valence-electron chi connectivity index (χ4n) is 0.466. The lowest BCUT2D eigenvalue weighted by Crippen LogP contribution is -2.17. The van der Waals surface area contributed by atoms with Crippen LogP contribution < -0.4 is 5.73 Å². The van der Waals surface area contributed by atoms with Gasteiger partial charge in [0.15, 0.2) is 0 Å². The van der Waals surface area contributed by atoms with Gasteiger partial charge in [0, 0.05) is 6.42 Å². The van der Waals surface area contributed by atoms with E-state index in [9.17, 15) is 0 Å². The van der Waals surface area contributed by atoms with E-state index in [4.69, 9.17) is 10.8 Å². The summed E-state index contributed by atoms with van der Waals surface area (Å²) in [5.41, 5.74) is 6.38. The van der Waals surface area contributed by atoms with E-state index in [1.807, 2.05) is 13.0 Å². The van der Waals surface area contributed by atoms with Crippen LogP contribution >= 0.6 is 0 Å². The zero-order chi connectivity index (χ0) is 7.28. The standard InChI is InChI=1S/C7H15NO/c1-3-6(2)4-5-7(8)9/h4,7,9H,3,5,8H2,1-2H3/b6-4-. The highest BCUT2D eigenvalue weighted by Gasteiger charge is 1.90. The largest absolute Gasteiger partial charge is 0.379 e. The summed E-state index contributed by atoms with van der Waals surface area (Å²) in [6.07, 6.45) is 2.88. The quantitative estimate of drug-likeness (QED) is 0.441. The maximum absolute atomic E-state index is 8.63. The summed E-state index contributed by atoms with van der Waals surface area (Å²) >= 11 is 0. The predicted molar refractivity (Wildman–Crippen MR) is 38.9 cm³/mol. The third kappa shape index (κ3) is 5.53. The van der Waals surface area contributed by atoms with Crippen LogP contribution in [-0.4, -0.2) is 11.3 Å². The molecular weight excluding hydrogens is 114 g/mol. The van der Waals surface area contributed by atoms with Crippen LogP contribution in [0.15, 0.2) is 11.6 Å². The fraction of sp³-hybridized carbons (Fsp3) is 0.714. The van der Waals surface area contributed by atoms with Gasteiger partial charge in [0.1, 0.15) is 6.23 Å². The number of rotatable bonds is 3. The summed E-state index contributed by atoms with van der Waals surface area (Å²) in [6.45, 7) is 4.11. The highest BCUT2D eigenvalue weighted by Crippen LogP contribution is 1.99. The molecule has 9 heavy (non-hydrogen) atoms. The van der Waals surface area contributed by atoms with Crippen molar-refractivity contribution in [1.82, 2.24) is 0 Å². The van der Waals surface area contributed by atoms with Gasteiger partial charge in [0.05, 0.1) is 0 Å². The molecule has 0 bridgehead atoms. The molecule has 0 heterocycles. The van der Waals surface area contributed by atoms with Gasteiger partial charge in [-0.15, -0.1) is 0 Å². The second kappa shape index (κ2) is 4.53. The zero-order valence-electron chi connectivity index (χ0n) is 6.09. The van der Waals surface area contributed by atoms with Gasteiger partial charge in [-0.25, -0.2) is 0 Å². The molecule has 0 radical (unpaired) electrons. The van der Waals surface area contributed by atoms with Crippen molar-refractivity contribution < 1.29 is 5.11 Å². The summed E-state index contributed by atoms with van der Waals surface area (Å²) in [6, 6.07) is 0. The van der Waals surface area contributed by atoms with Crippen LogP contribution in [0.25, 0.3) is 0 Å². The van der Waals surface area contributed by atoms with Crippen molar-refractivity contribution in [1.29, 1.82) is 0 Å². The highest BCUT2D eigenvalue weighted by atomic mass is 16.3. The highest BCUT2D eigenvalue weighted by molar-refractivity contribution is 4.96. The Morgan fingerprint density at radius 3 is 2.67 bits per heavy atom. The molecule has 1 atom stereocenters. The van der Waals surface area contributed by atoms with E-state index in [0.29, 0.717) is 6.42 Å². The summed E-state index contributed by atoms with van der Waals surface area (Å²) in [4.78, 5) is 0. The fourth-order valence-corrected chi connectivity index (χ4v) is 0.466. The molecular formula is C7H15NO. The van der Waals surface area contributed by atoms with Gasteiger partial charge >= 0.3 is 0 Å². The van der Waals surface area contributed by atoms with Crippen LogP contribution in [0.2, 0.25) is 0 Å². The van der Waals surface area contributed by atoms with Crippen molar-refractivity contribution in [3.63, 3.8) is 0 Å². The van der Waals surface area contributed by atoms with E-state index < -0.39 is 6.23 Å². The molecule has 0 aromatic heterocycles. The van der Waals surface area contributed by atoms with Crippen LogP contribution in [0.3, 0.4) is 0 Å².